The highest BCUT2D eigenvalue weighted by atomic mass is 32.1. The van der Waals surface area contributed by atoms with Crippen molar-refractivity contribution >= 4 is 129 Å². The van der Waals surface area contributed by atoms with Gasteiger partial charge >= 0.3 is 0 Å². The lowest BCUT2D eigenvalue weighted by Gasteiger charge is -2.31. The Hall–Kier alpha value is -6.72. The smallest absolute Gasteiger partial charge is 0.0669 e. The van der Waals surface area contributed by atoms with Gasteiger partial charge in [-0.1, -0.05) is 175 Å². The van der Waals surface area contributed by atoms with Crippen LogP contribution in [-0.4, -0.2) is 0 Å². The fourth-order valence-electron chi connectivity index (χ4n) is 10.7. The molecule has 0 N–H and O–H groups in total. The number of anilines is 6. The van der Waals surface area contributed by atoms with Gasteiger partial charge in [-0.15, -0.1) is 22.7 Å². The molecule has 0 radical (unpaired) electrons. The maximum absolute atomic E-state index is 2.55. The van der Waals surface area contributed by atoms with Crippen LogP contribution in [0.25, 0.3) is 72.7 Å². The SMILES string of the molecule is Cc1ccc2c(sc3c(C(C)(C)C)cccc32)c1N(c1ccccc1)c1ccc2ccc3c(N(c4ccccc4)c4c(C)ccc5c4sc4c(C(C)(C)C)cccc45)ccc4ccc1c2c43. The second-order valence-electron chi connectivity index (χ2n) is 20.2. The van der Waals surface area contributed by atoms with Crippen LogP contribution in [0.4, 0.5) is 34.1 Å². The van der Waals surface area contributed by atoms with Gasteiger partial charge in [-0.3, -0.25) is 0 Å². The zero-order valence-corrected chi connectivity index (χ0v) is 40.5. The number of nitrogens with zero attached hydrogens (tertiary/aromatic N) is 2. The van der Waals surface area contributed by atoms with Crippen molar-refractivity contribution in [1.29, 1.82) is 0 Å². The molecule has 0 aliphatic rings. The zero-order valence-electron chi connectivity index (χ0n) is 38.9. The van der Waals surface area contributed by atoms with Crippen molar-refractivity contribution in [2.75, 3.05) is 9.80 Å². The fraction of sp³-hybridized carbons (Fsp3) is 0.161. The summed E-state index contributed by atoms with van der Waals surface area (Å²) >= 11 is 3.89. The number of fused-ring (bicyclic) bond motifs is 6. The molecule has 12 aromatic rings. The summed E-state index contributed by atoms with van der Waals surface area (Å²) in [5.74, 6) is 0. The average molecular weight is 889 g/mol. The molecule has 2 nitrogen and oxygen atoms in total. The van der Waals surface area contributed by atoms with E-state index in [9.17, 15) is 0 Å². The lowest BCUT2D eigenvalue weighted by molar-refractivity contribution is 0.596. The number of aryl methyl sites for hydroxylation is 2. The van der Waals surface area contributed by atoms with E-state index in [-0.39, 0.29) is 10.8 Å². The number of thiophene rings is 2. The summed E-state index contributed by atoms with van der Waals surface area (Å²) in [6, 6.07) is 63.9. The van der Waals surface area contributed by atoms with Gasteiger partial charge in [-0.2, -0.15) is 0 Å². The van der Waals surface area contributed by atoms with Crippen molar-refractivity contribution in [2.45, 2.75) is 66.2 Å². The molecule has 0 unspecified atom stereocenters. The van der Waals surface area contributed by atoms with E-state index in [0.29, 0.717) is 0 Å². The van der Waals surface area contributed by atoms with E-state index in [4.69, 9.17) is 0 Å². The summed E-state index contributed by atoms with van der Waals surface area (Å²) in [7, 11) is 0. The molecular formula is C62H52N2S2. The van der Waals surface area contributed by atoms with E-state index < -0.39 is 0 Å². The third kappa shape index (κ3) is 6.18. The van der Waals surface area contributed by atoms with Crippen LogP contribution in [0.5, 0.6) is 0 Å². The predicted molar refractivity (Wildman–Crippen MR) is 292 cm³/mol. The van der Waals surface area contributed by atoms with Crippen LogP contribution in [0, 0.1) is 13.8 Å². The highest BCUT2D eigenvalue weighted by Crippen LogP contribution is 2.53. The number of hydrogen-bond acceptors (Lipinski definition) is 4. The van der Waals surface area contributed by atoms with Crippen LogP contribution in [0.2, 0.25) is 0 Å². The Kier molecular flexibility index (Phi) is 9.20. The van der Waals surface area contributed by atoms with Gasteiger partial charge in [-0.05, 0) is 105 Å². The Balaban J connectivity index is 1.13. The fourth-order valence-corrected chi connectivity index (χ4v) is 13.9. The second-order valence-corrected chi connectivity index (χ2v) is 22.3. The molecule has 0 aliphatic carbocycles. The summed E-state index contributed by atoms with van der Waals surface area (Å²) in [5, 5.41) is 12.8. The molecule has 66 heavy (non-hydrogen) atoms. The van der Waals surface area contributed by atoms with E-state index in [0.717, 1.165) is 11.4 Å². The monoisotopic (exact) mass is 888 g/mol. The van der Waals surface area contributed by atoms with Crippen LogP contribution in [0.3, 0.4) is 0 Å². The largest absolute Gasteiger partial charge is 0.308 e. The quantitative estimate of drug-likeness (QED) is 0.154. The number of para-hydroxylation sites is 2. The van der Waals surface area contributed by atoms with Gasteiger partial charge in [0.15, 0.2) is 0 Å². The van der Waals surface area contributed by atoms with Crippen molar-refractivity contribution < 1.29 is 0 Å². The van der Waals surface area contributed by atoms with Gasteiger partial charge in [0.05, 0.1) is 32.1 Å². The minimum absolute atomic E-state index is 0.0224. The number of benzene rings is 10. The normalized spacial score (nSPS) is 12.5. The number of hydrogen-bond donors (Lipinski definition) is 0. The Labute approximate surface area is 395 Å². The minimum atomic E-state index is 0.0224. The third-order valence-electron chi connectivity index (χ3n) is 13.9. The molecule has 12 rings (SSSR count). The van der Waals surface area contributed by atoms with Gasteiger partial charge in [-0.25, -0.2) is 0 Å². The first-order valence-electron chi connectivity index (χ1n) is 23.2. The van der Waals surface area contributed by atoms with Crippen molar-refractivity contribution in [2.24, 2.45) is 0 Å². The summed E-state index contributed by atoms with van der Waals surface area (Å²) in [5.41, 5.74) is 12.5. The van der Waals surface area contributed by atoms with Crippen LogP contribution < -0.4 is 9.80 Å². The Morgan fingerprint density at radius 2 is 0.697 bits per heavy atom. The van der Waals surface area contributed by atoms with Crippen LogP contribution >= 0.6 is 22.7 Å². The van der Waals surface area contributed by atoms with E-state index in [1.165, 1.54) is 118 Å². The van der Waals surface area contributed by atoms with Gasteiger partial charge < -0.3 is 9.80 Å². The summed E-state index contributed by atoms with van der Waals surface area (Å²) < 4.78 is 5.39. The summed E-state index contributed by atoms with van der Waals surface area (Å²) in [6.45, 7) is 18.5. The average Bonchev–Trinajstić information content (AvgIpc) is 3.89. The molecular weight excluding hydrogens is 837 g/mol. The van der Waals surface area contributed by atoms with Gasteiger partial charge in [0.25, 0.3) is 0 Å². The molecule has 0 amide bonds. The molecule has 0 saturated heterocycles. The third-order valence-corrected chi connectivity index (χ3v) is 16.4. The lowest BCUT2D eigenvalue weighted by Crippen LogP contribution is -2.13. The molecule has 2 aromatic heterocycles. The minimum Gasteiger partial charge on any atom is -0.308 e. The number of rotatable bonds is 6. The van der Waals surface area contributed by atoms with Gasteiger partial charge in [0, 0.05) is 53.1 Å². The van der Waals surface area contributed by atoms with E-state index in [1.807, 2.05) is 22.7 Å². The molecule has 322 valence electrons. The van der Waals surface area contributed by atoms with Crippen molar-refractivity contribution in [3.8, 4) is 0 Å². The molecule has 2 heterocycles. The first kappa shape index (κ1) is 40.8. The first-order valence-corrected chi connectivity index (χ1v) is 24.8. The van der Waals surface area contributed by atoms with Crippen molar-refractivity contribution in [1.82, 2.24) is 0 Å². The van der Waals surface area contributed by atoms with E-state index in [2.05, 4.69) is 235 Å². The maximum Gasteiger partial charge on any atom is 0.0669 e. The molecule has 0 fully saturated rings. The van der Waals surface area contributed by atoms with Gasteiger partial charge in [0.1, 0.15) is 0 Å². The first-order chi connectivity index (χ1) is 31.9. The molecule has 0 saturated carbocycles. The second kappa shape index (κ2) is 14.9. The van der Waals surface area contributed by atoms with Gasteiger partial charge in [0.2, 0.25) is 0 Å². The molecule has 4 heteroatoms. The van der Waals surface area contributed by atoms with E-state index in [1.54, 1.807) is 0 Å². The highest BCUT2D eigenvalue weighted by molar-refractivity contribution is 7.27. The molecule has 0 spiro atoms. The topological polar surface area (TPSA) is 6.48 Å². The Morgan fingerprint density at radius 1 is 0.333 bits per heavy atom. The Bertz CT molecular complexity index is 3610. The van der Waals surface area contributed by atoms with Crippen molar-refractivity contribution in [3.63, 3.8) is 0 Å². The summed E-state index contributed by atoms with van der Waals surface area (Å²) in [6.07, 6.45) is 0. The van der Waals surface area contributed by atoms with E-state index >= 15 is 0 Å². The van der Waals surface area contributed by atoms with Crippen LogP contribution in [0.15, 0.2) is 170 Å². The predicted octanol–water partition coefficient (Wildman–Crippen LogP) is 19.5. The molecule has 0 aliphatic heterocycles. The molecule has 0 atom stereocenters. The van der Waals surface area contributed by atoms with Crippen LogP contribution in [0.1, 0.15) is 63.8 Å². The standard InChI is InChI=1S/C62H52N2S2/c1-37-25-31-45-43-21-15-23-49(61(3,4)5)57(43)65-59(45)55(37)63(41-17-11-9-12-18-41)51-35-29-39-28-34-48-52(36-30-40-27-33-47(51)53(39)54(40)48)64(42-19-13-10-14-20-42)56-38(2)26-32-46-44-22-16-24-50(62(6,7)8)58(44)66-60(46)56/h9-36H,1-8H3. The molecule has 0 bridgehead atoms. The lowest BCUT2D eigenvalue weighted by atomic mass is 9.86. The molecule has 10 aromatic carbocycles. The highest BCUT2D eigenvalue weighted by Gasteiger charge is 2.28. The Morgan fingerprint density at radius 3 is 1.09 bits per heavy atom. The zero-order chi connectivity index (χ0) is 45.2. The van der Waals surface area contributed by atoms with Crippen molar-refractivity contribution in [3.05, 3.63) is 192 Å². The maximum atomic E-state index is 2.55. The summed E-state index contributed by atoms with van der Waals surface area (Å²) in [4.78, 5) is 5.09. The van der Waals surface area contributed by atoms with Crippen LogP contribution in [-0.2, 0) is 10.8 Å².